The first kappa shape index (κ1) is 12.6. The number of methoxy groups -OCH3 is 1. The molecule has 1 atom stereocenters. The number of rotatable bonds is 1. The average molecular weight is 262 g/mol. The van der Waals surface area contributed by atoms with Crippen molar-refractivity contribution < 1.29 is 14.2 Å². The molecule has 0 saturated heterocycles. The van der Waals surface area contributed by atoms with Crippen LogP contribution in [0.1, 0.15) is 37.3 Å². The Labute approximate surface area is 114 Å². The van der Waals surface area contributed by atoms with Gasteiger partial charge < -0.3 is 14.2 Å². The summed E-state index contributed by atoms with van der Waals surface area (Å²) < 4.78 is 17.5. The van der Waals surface area contributed by atoms with Crippen LogP contribution in [0, 0.1) is 5.92 Å². The molecule has 0 bridgehead atoms. The number of ether oxygens (including phenoxy) is 3. The highest BCUT2D eigenvalue weighted by Crippen LogP contribution is 2.44. The van der Waals surface area contributed by atoms with Crippen molar-refractivity contribution in [1.82, 2.24) is 0 Å². The van der Waals surface area contributed by atoms with Gasteiger partial charge in [0.1, 0.15) is 5.75 Å². The fourth-order valence-corrected chi connectivity index (χ4v) is 2.93. The fraction of sp³-hybridized carbons (Fsp3) is 0.625. The number of aryl methyl sites for hydroxylation is 1. The third-order valence-corrected chi connectivity index (χ3v) is 4.08. The second kappa shape index (κ2) is 5.32. The summed E-state index contributed by atoms with van der Waals surface area (Å²) in [6.07, 6.45) is 5.57. The molecule has 0 saturated carbocycles. The highest BCUT2D eigenvalue weighted by molar-refractivity contribution is 5.58. The van der Waals surface area contributed by atoms with E-state index in [2.05, 4.69) is 13.0 Å². The maximum atomic E-state index is 6.00. The zero-order chi connectivity index (χ0) is 13.2. The van der Waals surface area contributed by atoms with E-state index in [0.29, 0.717) is 5.92 Å². The van der Waals surface area contributed by atoms with Gasteiger partial charge in [-0.05, 0) is 49.7 Å². The molecular weight excluding hydrogens is 240 g/mol. The predicted octanol–water partition coefficient (Wildman–Crippen LogP) is 3.37. The van der Waals surface area contributed by atoms with Crippen LogP contribution in [0.2, 0.25) is 0 Å². The van der Waals surface area contributed by atoms with Crippen LogP contribution in [-0.2, 0) is 12.8 Å². The van der Waals surface area contributed by atoms with E-state index in [1.807, 2.05) is 0 Å². The van der Waals surface area contributed by atoms with E-state index in [9.17, 15) is 0 Å². The molecule has 0 aromatic heterocycles. The maximum Gasteiger partial charge on any atom is 0.168 e. The molecule has 0 amide bonds. The second-order valence-electron chi connectivity index (χ2n) is 5.64. The van der Waals surface area contributed by atoms with Gasteiger partial charge in [0.15, 0.2) is 11.5 Å². The second-order valence-corrected chi connectivity index (χ2v) is 5.64. The molecule has 2 heterocycles. The molecule has 1 aromatic rings. The molecule has 3 heteroatoms. The minimum absolute atomic E-state index is 0.582. The molecule has 1 unspecified atom stereocenters. The van der Waals surface area contributed by atoms with Crippen molar-refractivity contribution in [2.75, 3.05) is 20.3 Å². The first-order valence-electron chi connectivity index (χ1n) is 7.28. The van der Waals surface area contributed by atoms with Crippen molar-refractivity contribution in [3.63, 3.8) is 0 Å². The summed E-state index contributed by atoms with van der Waals surface area (Å²) in [5.74, 6) is 3.43. The molecule has 0 N–H and O–H groups in total. The SMILES string of the molecule is COc1cc2c(c3c1OCC(C)CC3)OCCCC2. The largest absolute Gasteiger partial charge is 0.493 e. The normalized spacial score (nSPS) is 22.1. The summed E-state index contributed by atoms with van der Waals surface area (Å²) >= 11 is 0. The molecule has 0 spiro atoms. The standard InChI is InChI=1S/C16H22O3/c1-11-6-7-13-15-12(5-3-4-8-18-15)9-14(17-2)16(13)19-10-11/h9,11H,3-8,10H2,1-2H3. The molecule has 1 aromatic carbocycles. The van der Waals surface area contributed by atoms with Gasteiger partial charge in [-0.1, -0.05) is 6.92 Å². The smallest absolute Gasteiger partial charge is 0.168 e. The van der Waals surface area contributed by atoms with E-state index in [-0.39, 0.29) is 0 Å². The van der Waals surface area contributed by atoms with Crippen LogP contribution in [0.25, 0.3) is 0 Å². The zero-order valence-electron chi connectivity index (χ0n) is 11.8. The van der Waals surface area contributed by atoms with Crippen molar-refractivity contribution in [3.05, 3.63) is 17.2 Å². The summed E-state index contributed by atoms with van der Waals surface area (Å²) in [5.41, 5.74) is 2.51. The Balaban J connectivity index is 2.10. The summed E-state index contributed by atoms with van der Waals surface area (Å²) in [6.45, 7) is 3.82. The minimum Gasteiger partial charge on any atom is -0.493 e. The molecular formula is C16H22O3. The van der Waals surface area contributed by atoms with Crippen LogP contribution in [0.5, 0.6) is 17.2 Å². The van der Waals surface area contributed by atoms with Crippen molar-refractivity contribution in [3.8, 4) is 17.2 Å². The van der Waals surface area contributed by atoms with Crippen LogP contribution in [0.3, 0.4) is 0 Å². The van der Waals surface area contributed by atoms with Crippen molar-refractivity contribution in [2.24, 2.45) is 5.92 Å². The Morgan fingerprint density at radius 2 is 2.05 bits per heavy atom. The van der Waals surface area contributed by atoms with Gasteiger partial charge in [-0.25, -0.2) is 0 Å². The molecule has 3 rings (SSSR count). The molecule has 3 nitrogen and oxygen atoms in total. The van der Waals surface area contributed by atoms with E-state index in [0.717, 1.165) is 56.1 Å². The highest BCUT2D eigenvalue weighted by atomic mass is 16.5. The highest BCUT2D eigenvalue weighted by Gasteiger charge is 2.25. The van der Waals surface area contributed by atoms with E-state index < -0.39 is 0 Å². The molecule has 2 aliphatic rings. The number of fused-ring (bicyclic) bond motifs is 3. The Hall–Kier alpha value is -1.38. The third-order valence-electron chi connectivity index (χ3n) is 4.08. The molecule has 19 heavy (non-hydrogen) atoms. The Morgan fingerprint density at radius 3 is 2.89 bits per heavy atom. The number of hydrogen-bond donors (Lipinski definition) is 0. The van der Waals surface area contributed by atoms with Gasteiger partial charge in [-0.2, -0.15) is 0 Å². The van der Waals surface area contributed by atoms with Crippen LogP contribution in [-0.4, -0.2) is 20.3 Å². The lowest BCUT2D eigenvalue weighted by Crippen LogP contribution is -2.06. The zero-order valence-corrected chi connectivity index (χ0v) is 11.8. The van der Waals surface area contributed by atoms with Crippen molar-refractivity contribution in [2.45, 2.75) is 39.0 Å². The molecule has 0 aliphatic carbocycles. The van der Waals surface area contributed by atoms with E-state index in [1.165, 1.54) is 17.5 Å². The Kier molecular flexibility index (Phi) is 3.54. The molecule has 2 aliphatic heterocycles. The Morgan fingerprint density at radius 1 is 1.16 bits per heavy atom. The third kappa shape index (κ3) is 2.38. The Bertz CT molecular complexity index is 468. The molecule has 0 radical (unpaired) electrons. The van der Waals surface area contributed by atoms with Crippen LogP contribution in [0.4, 0.5) is 0 Å². The first-order valence-corrected chi connectivity index (χ1v) is 7.28. The molecule has 0 fully saturated rings. The van der Waals surface area contributed by atoms with Gasteiger partial charge in [-0.15, -0.1) is 0 Å². The summed E-state index contributed by atoms with van der Waals surface area (Å²) in [5, 5.41) is 0. The van der Waals surface area contributed by atoms with E-state index in [4.69, 9.17) is 14.2 Å². The fourth-order valence-electron chi connectivity index (χ4n) is 2.93. The lowest BCUT2D eigenvalue weighted by molar-refractivity contribution is 0.251. The van der Waals surface area contributed by atoms with Crippen LogP contribution in [0.15, 0.2) is 6.07 Å². The summed E-state index contributed by atoms with van der Waals surface area (Å²) in [4.78, 5) is 0. The lowest BCUT2D eigenvalue weighted by Gasteiger charge is -2.18. The van der Waals surface area contributed by atoms with Crippen molar-refractivity contribution in [1.29, 1.82) is 0 Å². The van der Waals surface area contributed by atoms with E-state index >= 15 is 0 Å². The lowest BCUT2D eigenvalue weighted by atomic mass is 9.97. The summed E-state index contributed by atoms with van der Waals surface area (Å²) in [6, 6.07) is 2.11. The first-order chi connectivity index (χ1) is 9.29. The van der Waals surface area contributed by atoms with Crippen LogP contribution < -0.4 is 14.2 Å². The topological polar surface area (TPSA) is 27.7 Å². The van der Waals surface area contributed by atoms with Gasteiger partial charge in [-0.3, -0.25) is 0 Å². The number of hydrogen-bond acceptors (Lipinski definition) is 3. The predicted molar refractivity (Wildman–Crippen MR) is 74.4 cm³/mol. The minimum atomic E-state index is 0.582. The van der Waals surface area contributed by atoms with Gasteiger partial charge in [0, 0.05) is 5.56 Å². The van der Waals surface area contributed by atoms with Gasteiger partial charge in [0.05, 0.1) is 20.3 Å². The quantitative estimate of drug-likeness (QED) is 0.776. The van der Waals surface area contributed by atoms with Crippen LogP contribution >= 0.6 is 0 Å². The number of benzene rings is 1. The van der Waals surface area contributed by atoms with Gasteiger partial charge in [0.25, 0.3) is 0 Å². The average Bonchev–Trinajstić information content (AvgIpc) is 2.76. The van der Waals surface area contributed by atoms with Gasteiger partial charge in [0.2, 0.25) is 0 Å². The summed E-state index contributed by atoms with van der Waals surface area (Å²) in [7, 11) is 1.72. The monoisotopic (exact) mass is 262 g/mol. The van der Waals surface area contributed by atoms with Gasteiger partial charge >= 0.3 is 0 Å². The molecule has 104 valence electrons. The van der Waals surface area contributed by atoms with E-state index in [1.54, 1.807) is 7.11 Å². The maximum absolute atomic E-state index is 6.00. The van der Waals surface area contributed by atoms with Crippen molar-refractivity contribution >= 4 is 0 Å².